The lowest BCUT2D eigenvalue weighted by molar-refractivity contribution is 0.476. The van der Waals surface area contributed by atoms with E-state index >= 15 is 0 Å². The van der Waals surface area contributed by atoms with Crippen molar-refractivity contribution in [1.29, 1.82) is 0 Å². The molecule has 2 N–H and O–H groups in total. The Bertz CT molecular complexity index is 536. The number of nitrogens with two attached hydrogens (primary N) is 1. The molecule has 0 amide bonds. The van der Waals surface area contributed by atoms with E-state index in [-0.39, 0.29) is 11.9 Å². The van der Waals surface area contributed by atoms with Crippen molar-refractivity contribution in [3.05, 3.63) is 58.3 Å². The summed E-state index contributed by atoms with van der Waals surface area (Å²) >= 11 is 3.23. The Balaban J connectivity index is 2.15. The van der Waals surface area contributed by atoms with Crippen molar-refractivity contribution in [3.63, 3.8) is 0 Å². The van der Waals surface area contributed by atoms with Gasteiger partial charge in [-0.05, 0) is 36.2 Å². The third kappa shape index (κ3) is 3.78. The number of rotatable bonds is 4. The monoisotopic (exact) mass is 323 g/mol. The molecule has 0 unspecified atom stereocenters. The fourth-order valence-electron chi connectivity index (χ4n) is 1.74. The maximum absolute atomic E-state index is 13.2. The predicted octanol–water partition coefficient (Wildman–Crippen LogP) is 4.79. The van der Waals surface area contributed by atoms with Crippen LogP contribution in [0.4, 0.5) is 4.39 Å². The second kappa shape index (κ2) is 6.17. The molecule has 0 saturated heterocycles. The maximum atomic E-state index is 13.2. The second-order valence-corrected chi connectivity index (χ2v) is 5.21. The summed E-state index contributed by atoms with van der Waals surface area (Å²) in [5, 5.41) is 0. The first-order chi connectivity index (χ1) is 9.08. The zero-order valence-corrected chi connectivity index (χ0v) is 12.2. The van der Waals surface area contributed by atoms with Crippen LogP contribution in [-0.4, -0.2) is 0 Å². The lowest BCUT2D eigenvalue weighted by Gasteiger charge is -2.11. The Morgan fingerprint density at radius 1 is 1.16 bits per heavy atom. The minimum atomic E-state index is -0.339. The molecule has 4 heteroatoms. The molecule has 19 heavy (non-hydrogen) atoms. The van der Waals surface area contributed by atoms with Crippen LogP contribution in [0.5, 0.6) is 11.5 Å². The summed E-state index contributed by atoms with van der Waals surface area (Å²) < 4.78 is 19.5. The quantitative estimate of drug-likeness (QED) is 0.877. The molecular formula is C15H15BrFNO. The van der Waals surface area contributed by atoms with Crippen LogP contribution in [0, 0.1) is 5.82 Å². The van der Waals surface area contributed by atoms with Crippen LogP contribution in [0.2, 0.25) is 0 Å². The molecule has 100 valence electrons. The van der Waals surface area contributed by atoms with Crippen LogP contribution < -0.4 is 10.5 Å². The van der Waals surface area contributed by atoms with Gasteiger partial charge in [0.25, 0.3) is 0 Å². The maximum Gasteiger partial charge on any atom is 0.131 e. The Hall–Kier alpha value is -1.39. The Labute approximate surface area is 120 Å². The highest BCUT2D eigenvalue weighted by Crippen LogP contribution is 2.27. The molecule has 0 fully saturated rings. The summed E-state index contributed by atoms with van der Waals surface area (Å²) in [6.45, 7) is 2.04. The van der Waals surface area contributed by atoms with Gasteiger partial charge in [-0.15, -0.1) is 0 Å². The molecule has 0 saturated carbocycles. The summed E-state index contributed by atoms with van der Waals surface area (Å²) in [5.41, 5.74) is 7.01. The van der Waals surface area contributed by atoms with Gasteiger partial charge in [0.1, 0.15) is 17.3 Å². The van der Waals surface area contributed by atoms with Crippen molar-refractivity contribution in [2.45, 2.75) is 19.4 Å². The molecule has 1 atom stereocenters. The van der Waals surface area contributed by atoms with E-state index in [4.69, 9.17) is 10.5 Å². The van der Waals surface area contributed by atoms with Crippen LogP contribution in [0.3, 0.4) is 0 Å². The molecule has 2 nitrogen and oxygen atoms in total. The van der Waals surface area contributed by atoms with Gasteiger partial charge in [0, 0.05) is 16.6 Å². The molecule has 0 heterocycles. The van der Waals surface area contributed by atoms with Gasteiger partial charge in [0.15, 0.2) is 0 Å². The van der Waals surface area contributed by atoms with Crippen LogP contribution in [0.15, 0.2) is 46.9 Å². The van der Waals surface area contributed by atoms with Crippen molar-refractivity contribution < 1.29 is 9.13 Å². The third-order valence-electron chi connectivity index (χ3n) is 2.82. The van der Waals surface area contributed by atoms with E-state index in [0.29, 0.717) is 16.0 Å². The van der Waals surface area contributed by atoms with E-state index < -0.39 is 0 Å². The Morgan fingerprint density at radius 3 is 2.42 bits per heavy atom. The van der Waals surface area contributed by atoms with E-state index in [1.807, 2.05) is 31.2 Å². The molecule has 0 aliphatic carbocycles. The average Bonchev–Trinajstić information content (AvgIpc) is 2.37. The SMILES string of the molecule is CC[C@H](N)c1ccc(Oc2cc(F)cc(Br)c2)cc1. The number of hydrogen-bond acceptors (Lipinski definition) is 2. The zero-order valence-electron chi connectivity index (χ0n) is 10.6. The smallest absolute Gasteiger partial charge is 0.131 e. The van der Waals surface area contributed by atoms with E-state index in [1.54, 1.807) is 6.07 Å². The lowest BCUT2D eigenvalue weighted by atomic mass is 10.1. The summed E-state index contributed by atoms with van der Waals surface area (Å²) in [7, 11) is 0. The van der Waals surface area contributed by atoms with Crippen molar-refractivity contribution in [2.24, 2.45) is 5.73 Å². The average molecular weight is 324 g/mol. The van der Waals surface area contributed by atoms with Crippen LogP contribution in [0.1, 0.15) is 24.9 Å². The fraction of sp³-hybridized carbons (Fsp3) is 0.200. The first kappa shape index (κ1) is 14.0. The highest BCUT2D eigenvalue weighted by molar-refractivity contribution is 9.10. The van der Waals surface area contributed by atoms with Crippen LogP contribution in [0.25, 0.3) is 0 Å². The van der Waals surface area contributed by atoms with Crippen molar-refractivity contribution in [1.82, 2.24) is 0 Å². The van der Waals surface area contributed by atoms with Crippen molar-refractivity contribution in [2.75, 3.05) is 0 Å². The molecule has 0 radical (unpaired) electrons. The molecule has 2 aromatic carbocycles. The highest BCUT2D eigenvalue weighted by atomic mass is 79.9. The summed E-state index contributed by atoms with van der Waals surface area (Å²) in [6, 6.07) is 12.0. The minimum absolute atomic E-state index is 0.0392. The summed E-state index contributed by atoms with van der Waals surface area (Å²) in [5.74, 6) is 0.776. The Morgan fingerprint density at radius 2 is 1.84 bits per heavy atom. The normalized spacial score (nSPS) is 12.2. The second-order valence-electron chi connectivity index (χ2n) is 4.29. The van der Waals surface area contributed by atoms with Gasteiger partial charge in [-0.2, -0.15) is 0 Å². The third-order valence-corrected chi connectivity index (χ3v) is 3.28. The first-order valence-electron chi connectivity index (χ1n) is 6.08. The fourth-order valence-corrected chi connectivity index (χ4v) is 2.19. The van der Waals surface area contributed by atoms with Crippen molar-refractivity contribution in [3.8, 4) is 11.5 Å². The number of ether oxygens (including phenoxy) is 1. The molecule has 0 spiro atoms. The van der Waals surface area contributed by atoms with Crippen molar-refractivity contribution >= 4 is 15.9 Å². The largest absolute Gasteiger partial charge is 0.457 e. The highest BCUT2D eigenvalue weighted by Gasteiger charge is 2.05. The molecular weight excluding hydrogens is 309 g/mol. The number of halogens is 2. The van der Waals surface area contributed by atoms with Gasteiger partial charge < -0.3 is 10.5 Å². The lowest BCUT2D eigenvalue weighted by Crippen LogP contribution is -2.07. The van der Waals surface area contributed by atoms with E-state index in [9.17, 15) is 4.39 Å². The van der Waals surface area contributed by atoms with E-state index in [1.165, 1.54) is 12.1 Å². The van der Waals surface area contributed by atoms with E-state index in [0.717, 1.165) is 12.0 Å². The summed E-state index contributed by atoms with van der Waals surface area (Å²) in [6.07, 6.45) is 0.886. The van der Waals surface area contributed by atoms with Gasteiger partial charge in [-0.25, -0.2) is 4.39 Å². The first-order valence-corrected chi connectivity index (χ1v) is 6.87. The van der Waals surface area contributed by atoms with Crippen LogP contribution >= 0.6 is 15.9 Å². The van der Waals surface area contributed by atoms with Gasteiger partial charge in [-0.1, -0.05) is 35.0 Å². The van der Waals surface area contributed by atoms with Crippen LogP contribution in [-0.2, 0) is 0 Å². The molecule has 0 aromatic heterocycles. The molecule has 0 bridgehead atoms. The standard InChI is InChI=1S/C15H15BrFNO/c1-2-15(18)10-3-5-13(6-4-10)19-14-8-11(16)7-12(17)9-14/h3-9,15H,2,18H2,1H3/t15-/m0/s1. The van der Waals surface area contributed by atoms with Gasteiger partial charge in [0.05, 0.1) is 0 Å². The molecule has 0 aliphatic heterocycles. The Kier molecular flexibility index (Phi) is 4.56. The zero-order chi connectivity index (χ0) is 13.8. The topological polar surface area (TPSA) is 35.2 Å². The number of hydrogen-bond donors (Lipinski definition) is 1. The molecule has 2 rings (SSSR count). The van der Waals surface area contributed by atoms with Gasteiger partial charge >= 0.3 is 0 Å². The van der Waals surface area contributed by atoms with Gasteiger partial charge in [0.2, 0.25) is 0 Å². The minimum Gasteiger partial charge on any atom is -0.457 e. The molecule has 0 aliphatic rings. The summed E-state index contributed by atoms with van der Waals surface area (Å²) in [4.78, 5) is 0. The number of benzene rings is 2. The predicted molar refractivity (Wildman–Crippen MR) is 77.8 cm³/mol. The van der Waals surface area contributed by atoms with Gasteiger partial charge in [-0.3, -0.25) is 0 Å². The van der Waals surface area contributed by atoms with E-state index in [2.05, 4.69) is 15.9 Å². The molecule has 2 aromatic rings.